The number of ether oxygens (including phenoxy) is 1. The summed E-state index contributed by atoms with van der Waals surface area (Å²) in [5, 5.41) is 8.03. The Morgan fingerprint density at radius 1 is 1.32 bits per heavy atom. The zero-order valence-corrected chi connectivity index (χ0v) is 14.6. The molecule has 3 heterocycles. The molecular formula is C18H23N5O2. The van der Waals surface area contributed by atoms with Crippen LogP contribution in [0, 0.1) is 0 Å². The van der Waals surface area contributed by atoms with Gasteiger partial charge in [-0.15, -0.1) is 0 Å². The van der Waals surface area contributed by atoms with Crippen molar-refractivity contribution in [1.82, 2.24) is 19.7 Å². The molecule has 2 aromatic rings. The average Bonchev–Trinajstić information content (AvgIpc) is 3.23. The molecule has 0 aromatic carbocycles. The van der Waals surface area contributed by atoms with E-state index in [4.69, 9.17) is 4.74 Å². The maximum atomic E-state index is 12.5. The number of aryl methyl sites for hydroxylation is 2. The van der Waals surface area contributed by atoms with E-state index in [0.717, 1.165) is 42.2 Å². The maximum Gasteiger partial charge on any atom is 0.267 e. The molecular weight excluding hydrogens is 318 g/mol. The van der Waals surface area contributed by atoms with Gasteiger partial charge in [0.05, 0.1) is 24.9 Å². The highest BCUT2D eigenvalue weighted by molar-refractivity contribution is 5.35. The Morgan fingerprint density at radius 2 is 2.20 bits per heavy atom. The molecule has 2 atom stereocenters. The first-order valence-corrected chi connectivity index (χ1v) is 8.90. The molecule has 1 N–H and O–H groups in total. The summed E-state index contributed by atoms with van der Waals surface area (Å²) in [6, 6.07) is 3.42. The molecule has 0 saturated carbocycles. The summed E-state index contributed by atoms with van der Waals surface area (Å²) >= 11 is 0. The Hall–Kier alpha value is -2.28. The van der Waals surface area contributed by atoms with Crippen LogP contribution in [0.25, 0.3) is 0 Å². The standard InChI is InChI=1S/C18H23N5O2/c1-11(2)18-19-7-6-16(21-18)20-14-9-25-10-15(14)23-17(24)8-12-4-3-5-13(12)22-23/h6-8,11,14-15H,3-5,9-10H2,1-2H3,(H,19,20,21). The Bertz CT molecular complexity index is 832. The van der Waals surface area contributed by atoms with Crippen LogP contribution < -0.4 is 10.9 Å². The molecule has 2 aromatic heterocycles. The van der Waals surface area contributed by atoms with E-state index in [1.54, 1.807) is 16.9 Å². The topological polar surface area (TPSA) is 81.9 Å². The van der Waals surface area contributed by atoms with Gasteiger partial charge in [-0.2, -0.15) is 5.10 Å². The molecule has 1 aliphatic heterocycles. The first-order valence-electron chi connectivity index (χ1n) is 8.90. The number of nitrogens with zero attached hydrogens (tertiary/aromatic N) is 4. The third-order valence-corrected chi connectivity index (χ3v) is 4.87. The number of rotatable bonds is 4. The second kappa shape index (κ2) is 6.55. The van der Waals surface area contributed by atoms with E-state index in [1.807, 2.05) is 6.07 Å². The SMILES string of the molecule is CC(C)c1nccc(NC2COCC2n2nc3c(cc2=O)CCC3)n1. The molecule has 7 heteroatoms. The van der Waals surface area contributed by atoms with Crippen molar-refractivity contribution < 1.29 is 4.74 Å². The van der Waals surface area contributed by atoms with Gasteiger partial charge in [-0.3, -0.25) is 4.79 Å². The van der Waals surface area contributed by atoms with E-state index in [-0.39, 0.29) is 23.6 Å². The summed E-state index contributed by atoms with van der Waals surface area (Å²) in [5.41, 5.74) is 2.10. The molecule has 132 valence electrons. The van der Waals surface area contributed by atoms with Gasteiger partial charge in [-0.1, -0.05) is 13.8 Å². The molecule has 0 radical (unpaired) electrons. The second-order valence-corrected chi connectivity index (χ2v) is 7.06. The Labute approximate surface area is 146 Å². The van der Waals surface area contributed by atoms with Crippen LogP contribution in [0.15, 0.2) is 23.1 Å². The third kappa shape index (κ3) is 3.16. The molecule has 25 heavy (non-hydrogen) atoms. The average molecular weight is 341 g/mol. The van der Waals surface area contributed by atoms with E-state index in [0.29, 0.717) is 13.2 Å². The minimum absolute atomic E-state index is 0.0421. The molecule has 0 amide bonds. The minimum atomic E-state index is -0.129. The Morgan fingerprint density at radius 3 is 3.04 bits per heavy atom. The smallest absolute Gasteiger partial charge is 0.267 e. The zero-order valence-electron chi connectivity index (χ0n) is 14.6. The molecule has 0 spiro atoms. The van der Waals surface area contributed by atoms with Crippen molar-refractivity contribution in [1.29, 1.82) is 0 Å². The highest BCUT2D eigenvalue weighted by Crippen LogP contribution is 2.24. The van der Waals surface area contributed by atoms with Gasteiger partial charge in [0.2, 0.25) is 0 Å². The van der Waals surface area contributed by atoms with Crippen LogP contribution in [0.5, 0.6) is 0 Å². The molecule has 1 saturated heterocycles. The van der Waals surface area contributed by atoms with Gasteiger partial charge >= 0.3 is 0 Å². The molecule has 4 rings (SSSR count). The lowest BCUT2D eigenvalue weighted by molar-refractivity contribution is 0.182. The quantitative estimate of drug-likeness (QED) is 0.911. The van der Waals surface area contributed by atoms with Crippen molar-refractivity contribution in [2.45, 2.75) is 51.1 Å². The van der Waals surface area contributed by atoms with Crippen molar-refractivity contribution in [3.63, 3.8) is 0 Å². The van der Waals surface area contributed by atoms with E-state index in [9.17, 15) is 4.79 Å². The van der Waals surface area contributed by atoms with E-state index >= 15 is 0 Å². The lowest BCUT2D eigenvalue weighted by Gasteiger charge is -2.21. The fourth-order valence-electron chi connectivity index (χ4n) is 3.50. The number of hydrogen-bond donors (Lipinski definition) is 1. The van der Waals surface area contributed by atoms with Gasteiger partial charge in [0.25, 0.3) is 5.56 Å². The fraction of sp³-hybridized carbons (Fsp3) is 0.556. The van der Waals surface area contributed by atoms with Gasteiger partial charge in [0.1, 0.15) is 17.7 Å². The summed E-state index contributed by atoms with van der Waals surface area (Å²) in [6.07, 6.45) is 4.74. The van der Waals surface area contributed by atoms with Crippen molar-refractivity contribution in [3.05, 3.63) is 45.8 Å². The van der Waals surface area contributed by atoms with Crippen LogP contribution in [0.3, 0.4) is 0 Å². The van der Waals surface area contributed by atoms with Gasteiger partial charge in [0, 0.05) is 18.2 Å². The molecule has 2 unspecified atom stereocenters. The van der Waals surface area contributed by atoms with Crippen LogP contribution in [-0.2, 0) is 17.6 Å². The summed E-state index contributed by atoms with van der Waals surface area (Å²) in [5.74, 6) is 1.82. The van der Waals surface area contributed by atoms with Crippen molar-refractivity contribution in [3.8, 4) is 0 Å². The Balaban J connectivity index is 1.59. The number of nitrogens with one attached hydrogen (secondary N) is 1. The van der Waals surface area contributed by atoms with Crippen molar-refractivity contribution >= 4 is 5.82 Å². The van der Waals surface area contributed by atoms with Gasteiger partial charge < -0.3 is 10.1 Å². The normalized spacial score (nSPS) is 22.4. The van der Waals surface area contributed by atoms with Crippen LogP contribution in [0.1, 0.15) is 49.3 Å². The van der Waals surface area contributed by atoms with Gasteiger partial charge in [-0.25, -0.2) is 14.6 Å². The van der Waals surface area contributed by atoms with Crippen LogP contribution in [0.4, 0.5) is 5.82 Å². The highest BCUT2D eigenvalue weighted by Gasteiger charge is 2.32. The summed E-state index contributed by atoms with van der Waals surface area (Å²) in [6.45, 7) is 5.13. The largest absolute Gasteiger partial charge is 0.377 e. The summed E-state index contributed by atoms with van der Waals surface area (Å²) < 4.78 is 7.24. The summed E-state index contributed by atoms with van der Waals surface area (Å²) in [7, 11) is 0. The molecule has 7 nitrogen and oxygen atoms in total. The monoisotopic (exact) mass is 341 g/mol. The third-order valence-electron chi connectivity index (χ3n) is 4.87. The first kappa shape index (κ1) is 16.2. The second-order valence-electron chi connectivity index (χ2n) is 7.06. The zero-order chi connectivity index (χ0) is 17.4. The van der Waals surface area contributed by atoms with E-state index < -0.39 is 0 Å². The number of fused-ring (bicyclic) bond motifs is 1. The lowest BCUT2D eigenvalue weighted by atomic mass is 10.1. The van der Waals surface area contributed by atoms with Crippen molar-refractivity contribution in [2.24, 2.45) is 0 Å². The first-order chi connectivity index (χ1) is 12.1. The predicted molar refractivity (Wildman–Crippen MR) is 93.9 cm³/mol. The number of aromatic nitrogens is 4. The van der Waals surface area contributed by atoms with Crippen molar-refractivity contribution in [2.75, 3.05) is 18.5 Å². The predicted octanol–water partition coefficient (Wildman–Crippen LogP) is 1.70. The molecule has 2 aliphatic rings. The van der Waals surface area contributed by atoms with E-state index in [2.05, 4.69) is 34.2 Å². The Kier molecular flexibility index (Phi) is 4.25. The lowest BCUT2D eigenvalue weighted by Crippen LogP contribution is -2.38. The maximum absolute atomic E-state index is 12.5. The van der Waals surface area contributed by atoms with Gasteiger partial charge in [0.15, 0.2) is 0 Å². The minimum Gasteiger partial charge on any atom is -0.377 e. The molecule has 1 aliphatic carbocycles. The van der Waals surface area contributed by atoms with Crippen LogP contribution >= 0.6 is 0 Å². The molecule has 0 bridgehead atoms. The van der Waals surface area contributed by atoms with Crippen LogP contribution in [-0.4, -0.2) is 39.0 Å². The highest BCUT2D eigenvalue weighted by atomic mass is 16.5. The summed E-state index contributed by atoms with van der Waals surface area (Å²) in [4.78, 5) is 21.4. The fourth-order valence-corrected chi connectivity index (χ4v) is 3.50. The molecule has 1 fully saturated rings. The number of anilines is 1. The number of hydrogen-bond acceptors (Lipinski definition) is 6. The van der Waals surface area contributed by atoms with Crippen LogP contribution in [0.2, 0.25) is 0 Å². The van der Waals surface area contributed by atoms with Gasteiger partial charge in [-0.05, 0) is 30.9 Å². The van der Waals surface area contributed by atoms with E-state index in [1.165, 1.54) is 0 Å².